The smallest absolute Gasteiger partial charge is 0.000719 e. The Kier molecular flexibility index (Phi) is 4.42. The Hall–Kier alpha value is -5.20. The van der Waals surface area contributed by atoms with Crippen LogP contribution in [0.4, 0.5) is 0 Å². The molecule has 0 heteroatoms. The molecule has 0 aliphatic carbocycles. The second-order valence-electron chi connectivity index (χ2n) is 10.8. The molecule has 0 unspecified atom stereocenters. The molecule has 0 nitrogen and oxygen atoms in total. The first-order valence-corrected chi connectivity index (χ1v) is 14.0. The minimum Gasteiger partial charge on any atom is -0.0622 e. The first kappa shape index (κ1) is 21.7. The highest BCUT2D eigenvalue weighted by Gasteiger charge is 2.24. The lowest BCUT2D eigenvalue weighted by atomic mass is 9.79. The summed E-state index contributed by atoms with van der Waals surface area (Å²) in [6.45, 7) is 0. The summed E-state index contributed by atoms with van der Waals surface area (Å²) in [7, 11) is 0. The Balaban J connectivity index is 1.70. The van der Waals surface area contributed by atoms with Crippen molar-refractivity contribution >= 4 is 64.6 Å². The first-order chi connectivity index (χ1) is 19.9. The zero-order chi connectivity index (χ0) is 26.2. The highest BCUT2D eigenvalue weighted by atomic mass is 14.3. The summed E-state index contributed by atoms with van der Waals surface area (Å²) in [6, 6.07) is 53.6. The van der Waals surface area contributed by atoms with E-state index in [0.29, 0.717) is 0 Å². The normalized spacial score (nSPS) is 12.0. The van der Waals surface area contributed by atoms with Crippen LogP contribution in [0.15, 0.2) is 146 Å². The van der Waals surface area contributed by atoms with Gasteiger partial charge < -0.3 is 0 Å². The van der Waals surface area contributed by atoms with E-state index in [2.05, 4.69) is 146 Å². The molecule has 40 heavy (non-hydrogen) atoms. The lowest BCUT2D eigenvalue weighted by molar-refractivity contribution is 1.68. The molecule has 0 heterocycles. The van der Waals surface area contributed by atoms with Gasteiger partial charge in [-0.3, -0.25) is 0 Å². The third kappa shape index (κ3) is 2.80. The lowest BCUT2D eigenvalue weighted by Crippen LogP contribution is -1.95. The standard InChI is InChI=1S/C40H24/c1-3-13-25(14-4-1)35-29-19-9-7-17-27(29)33-23-24-34-28-18-8-10-20-30(28)36(26-15-5-2-6-16-26)38-32-22-12-11-21-31(32)37(35)39(33)40(34)38/h1-24H. The molecule has 0 bridgehead atoms. The maximum Gasteiger partial charge on any atom is -0.000719 e. The Morgan fingerprint density at radius 3 is 0.900 bits per heavy atom. The van der Waals surface area contributed by atoms with Gasteiger partial charge in [-0.25, -0.2) is 0 Å². The fourth-order valence-electron chi connectivity index (χ4n) is 7.23. The van der Waals surface area contributed by atoms with Crippen LogP contribution >= 0.6 is 0 Å². The van der Waals surface area contributed by atoms with Crippen molar-refractivity contribution in [1.29, 1.82) is 0 Å². The maximum absolute atomic E-state index is 2.37. The van der Waals surface area contributed by atoms with Gasteiger partial charge in [0.1, 0.15) is 0 Å². The highest BCUT2D eigenvalue weighted by molar-refractivity contribution is 6.45. The van der Waals surface area contributed by atoms with Gasteiger partial charge in [0.05, 0.1) is 0 Å². The predicted octanol–water partition coefficient (Wildman–Crippen LogP) is 11.4. The summed E-state index contributed by atoms with van der Waals surface area (Å²) in [4.78, 5) is 0. The number of fused-ring (bicyclic) bond motifs is 7. The molecular weight excluding hydrogens is 480 g/mol. The third-order valence-corrected chi connectivity index (χ3v) is 8.77. The molecule has 9 aromatic carbocycles. The van der Waals surface area contributed by atoms with Crippen molar-refractivity contribution in [3.63, 3.8) is 0 Å². The second kappa shape index (κ2) is 8.15. The Morgan fingerprint density at radius 1 is 0.200 bits per heavy atom. The molecule has 0 radical (unpaired) electrons. The zero-order valence-corrected chi connectivity index (χ0v) is 21.9. The van der Waals surface area contributed by atoms with Crippen LogP contribution in [0.25, 0.3) is 86.9 Å². The van der Waals surface area contributed by atoms with Crippen molar-refractivity contribution < 1.29 is 0 Å². The zero-order valence-electron chi connectivity index (χ0n) is 21.9. The van der Waals surface area contributed by atoms with Gasteiger partial charge in [-0.1, -0.05) is 146 Å². The van der Waals surface area contributed by atoms with Gasteiger partial charge >= 0.3 is 0 Å². The van der Waals surface area contributed by atoms with Crippen LogP contribution in [0.3, 0.4) is 0 Å². The van der Waals surface area contributed by atoms with E-state index in [1.54, 1.807) is 0 Å². The Labute approximate surface area is 232 Å². The lowest BCUT2D eigenvalue weighted by Gasteiger charge is -2.23. The van der Waals surface area contributed by atoms with Gasteiger partial charge in [-0.05, 0) is 86.9 Å². The van der Waals surface area contributed by atoms with Crippen LogP contribution in [0.1, 0.15) is 0 Å². The molecule has 0 N–H and O–H groups in total. The molecule has 0 fully saturated rings. The molecule has 0 saturated carbocycles. The topological polar surface area (TPSA) is 0 Å². The van der Waals surface area contributed by atoms with E-state index >= 15 is 0 Å². The van der Waals surface area contributed by atoms with E-state index in [1.807, 2.05) is 0 Å². The quantitative estimate of drug-likeness (QED) is 0.162. The van der Waals surface area contributed by atoms with Crippen LogP contribution in [0, 0.1) is 0 Å². The van der Waals surface area contributed by atoms with Gasteiger partial charge in [0, 0.05) is 0 Å². The largest absolute Gasteiger partial charge is 0.0622 e. The SMILES string of the molecule is c1ccc(-c2c3ccccc3c3ccc4c5ccccc5c(-c5ccccc5)c5c6ccccc6c2c3c45)cc1. The van der Waals surface area contributed by atoms with Crippen LogP contribution in [0.2, 0.25) is 0 Å². The number of hydrogen-bond acceptors (Lipinski definition) is 0. The van der Waals surface area contributed by atoms with Crippen LogP contribution in [0.5, 0.6) is 0 Å². The van der Waals surface area contributed by atoms with Gasteiger partial charge in [0.15, 0.2) is 0 Å². The minimum absolute atomic E-state index is 1.26. The van der Waals surface area contributed by atoms with Crippen LogP contribution < -0.4 is 0 Å². The van der Waals surface area contributed by atoms with E-state index in [-0.39, 0.29) is 0 Å². The summed E-state index contributed by atoms with van der Waals surface area (Å²) in [5.41, 5.74) is 5.16. The number of rotatable bonds is 2. The molecule has 0 aliphatic heterocycles. The number of hydrogen-bond donors (Lipinski definition) is 0. The van der Waals surface area contributed by atoms with E-state index in [4.69, 9.17) is 0 Å². The van der Waals surface area contributed by atoms with Crippen LogP contribution in [-0.4, -0.2) is 0 Å². The van der Waals surface area contributed by atoms with Crippen molar-refractivity contribution in [2.24, 2.45) is 0 Å². The van der Waals surface area contributed by atoms with E-state index in [0.717, 1.165) is 0 Å². The Bertz CT molecular complexity index is 2230. The van der Waals surface area contributed by atoms with E-state index in [1.165, 1.54) is 86.9 Å². The molecule has 9 aromatic rings. The van der Waals surface area contributed by atoms with Crippen molar-refractivity contribution in [3.05, 3.63) is 146 Å². The molecule has 0 spiro atoms. The van der Waals surface area contributed by atoms with E-state index < -0.39 is 0 Å². The summed E-state index contributed by atoms with van der Waals surface area (Å²) >= 11 is 0. The Morgan fingerprint density at radius 2 is 0.500 bits per heavy atom. The monoisotopic (exact) mass is 504 g/mol. The summed E-state index contributed by atoms with van der Waals surface area (Å²) in [5.74, 6) is 0. The summed E-state index contributed by atoms with van der Waals surface area (Å²) in [6.07, 6.45) is 0. The predicted molar refractivity (Wildman–Crippen MR) is 174 cm³/mol. The second-order valence-corrected chi connectivity index (χ2v) is 10.8. The van der Waals surface area contributed by atoms with Crippen LogP contribution in [-0.2, 0) is 0 Å². The average molecular weight is 505 g/mol. The van der Waals surface area contributed by atoms with Crippen molar-refractivity contribution in [1.82, 2.24) is 0 Å². The maximum atomic E-state index is 2.37. The molecule has 0 atom stereocenters. The fourth-order valence-corrected chi connectivity index (χ4v) is 7.23. The van der Waals surface area contributed by atoms with Crippen molar-refractivity contribution in [2.45, 2.75) is 0 Å². The fraction of sp³-hybridized carbons (Fsp3) is 0. The van der Waals surface area contributed by atoms with Gasteiger partial charge in [-0.15, -0.1) is 0 Å². The van der Waals surface area contributed by atoms with Gasteiger partial charge in [-0.2, -0.15) is 0 Å². The summed E-state index contributed by atoms with van der Waals surface area (Å²) < 4.78 is 0. The van der Waals surface area contributed by atoms with Crippen molar-refractivity contribution in [2.75, 3.05) is 0 Å². The molecule has 0 aliphatic rings. The van der Waals surface area contributed by atoms with Crippen molar-refractivity contribution in [3.8, 4) is 22.3 Å². The molecular formula is C40H24. The summed E-state index contributed by atoms with van der Waals surface area (Å²) in [5, 5.41) is 15.9. The minimum atomic E-state index is 1.26. The highest BCUT2D eigenvalue weighted by Crippen LogP contribution is 2.52. The third-order valence-electron chi connectivity index (χ3n) is 8.77. The van der Waals surface area contributed by atoms with E-state index in [9.17, 15) is 0 Å². The molecule has 9 rings (SSSR count). The molecule has 0 amide bonds. The first-order valence-electron chi connectivity index (χ1n) is 14.0. The molecule has 0 aromatic heterocycles. The molecule has 0 saturated heterocycles. The molecule has 184 valence electrons. The number of benzene rings is 9. The average Bonchev–Trinajstić information content (AvgIpc) is 3.04. The van der Waals surface area contributed by atoms with Gasteiger partial charge in [0.25, 0.3) is 0 Å². The van der Waals surface area contributed by atoms with Gasteiger partial charge in [0.2, 0.25) is 0 Å².